The molecule has 0 saturated carbocycles. The SMILES string of the molecule is CCCCC/C=C\C[C@H](O)[C@@H](O)CCCCCCCC(=O)O[C@H](COC(C)=O)COP(=O)(O)O. The molecule has 0 radical (unpaired) electrons. The number of esters is 2. The van der Waals surface area contributed by atoms with E-state index in [4.69, 9.17) is 19.3 Å². The molecule has 0 unspecified atom stereocenters. The summed E-state index contributed by atoms with van der Waals surface area (Å²) in [7, 11) is -4.74. The number of allylic oxidation sites excluding steroid dienone is 1. The Hall–Kier alpha value is -1.29. The molecule has 0 bridgehead atoms. The minimum absolute atomic E-state index is 0.110. The molecule has 0 aromatic heterocycles. The fourth-order valence-electron chi connectivity index (χ4n) is 3.12. The monoisotopic (exact) mass is 510 g/mol. The molecule has 4 N–H and O–H groups in total. The molecule has 200 valence electrons. The van der Waals surface area contributed by atoms with Crippen LogP contribution in [0.1, 0.15) is 90.9 Å². The van der Waals surface area contributed by atoms with E-state index in [1.54, 1.807) is 0 Å². The number of phosphoric acid groups is 1. The Morgan fingerprint density at radius 3 is 2.24 bits per heavy atom. The van der Waals surface area contributed by atoms with Gasteiger partial charge in [-0.2, -0.15) is 0 Å². The third kappa shape index (κ3) is 21.3. The number of rotatable bonds is 21. The number of aliphatic hydroxyl groups is 2. The summed E-state index contributed by atoms with van der Waals surface area (Å²) >= 11 is 0. The predicted molar refractivity (Wildman–Crippen MR) is 127 cm³/mol. The molecule has 10 nitrogen and oxygen atoms in total. The lowest BCUT2D eigenvalue weighted by Gasteiger charge is -2.18. The molecule has 3 atom stereocenters. The average Bonchev–Trinajstić information content (AvgIpc) is 2.76. The Bertz CT molecular complexity index is 619. The van der Waals surface area contributed by atoms with Gasteiger partial charge in [0.1, 0.15) is 6.61 Å². The van der Waals surface area contributed by atoms with Crippen molar-refractivity contribution in [1.29, 1.82) is 0 Å². The maximum atomic E-state index is 12.0. The van der Waals surface area contributed by atoms with Crippen molar-refractivity contribution >= 4 is 19.8 Å². The number of carbonyl (C=O) groups is 2. The molecular weight excluding hydrogens is 467 g/mol. The number of hydrogen-bond donors (Lipinski definition) is 4. The van der Waals surface area contributed by atoms with E-state index in [2.05, 4.69) is 17.5 Å². The van der Waals surface area contributed by atoms with Crippen LogP contribution in [0.3, 0.4) is 0 Å². The van der Waals surface area contributed by atoms with Gasteiger partial charge in [0.2, 0.25) is 0 Å². The van der Waals surface area contributed by atoms with Gasteiger partial charge in [-0.3, -0.25) is 14.1 Å². The topological polar surface area (TPSA) is 160 Å². The lowest BCUT2D eigenvalue weighted by atomic mass is 10.0. The number of phosphoric ester groups is 1. The zero-order valence-corrected chi connectivity index (χ0v) is 21.4. The van der Waals surface area contributed by atoms with Crippen LogP contribution in [0.25, 0.3) is 0 Å². The first kappa shape index (κ1) is 32.7. The molecule has 0 aliphatic rings. The molecule has 0 saturated heterocycles. The van der Waals surface area contributed by atoms with Crippen LogP contribution in [0, 0.1) is 0 Å². The van der Waals surface area contributed by atoms with E-state index >= 15 is 0 Å². The summed E-state index contributed by atoms with van der Waals surface area (Å²) in [6.07, 6.45) is 10.8. The van der Waals surface area contributed by atoms with Crippen molar-refractivity contribution in [1.82, 2.24) is 0 Å². The zero-order chi connectivity index (χ0) is 25.8. The summed E-state index contributed by atoms with van der Waals surface area (Å²) in [5.74, 6) is -1.19. The average molecular weight is 511 g/mol. The van der Waals surface area contributed by atoms with Gasteiger partial charge >= 0.3 is 19.8 Å². The van der Waals surface area contributed by atoms with Gasteiger partial charge in [0.05, 0.1) is 18.8 Å². The van der Waals surface area contributed by atoms with Crippen LogP contribution < -0.4 is 0 Å². The fourth-order valence-corrected chi connectivity index (χ4v) is 3.48. The Balaban J connectivity index is 3.95. The summed E-state index contributed by atoms with van der Waals surface area (Å²) in [5.41, 5.74) is 0. The molecule has 0 fully saturated rings. The summed E-state index contributed by atoms with van der Waals surface area (Å²) in [6, 6.07) is 0. The second-order valence-electron chi connectivity index (χ2n) is 8.34. The Labute approximate surface area is 202 Å². The van der Waals surface area contributed by atoms with Crippen LogP contribution in [0.2, 0.25) is 0 Å². The molecule has 0 aromatic rings. The second kappa shape index (κ2) is 20.0. The Morgan fingerprint density at radius 1 is 0.912 bits per heavy atom. The first-order chi connectivity index (χ1) is 16.0. The number of ether oxygens (including phenoxy) is 2. The van der Waals surface area contributed by atoms with E-state index in [1.807, 2.05) is 6.08 Å². The highest BCUT2D eigenvalue weighted by Gasteiger charge is 2.22. The zero-order valence-electron chi connectivity index (χ0n) is 20.5. The predicted octanol–water partition coefficient (Wildman–Crippen LogP) is 3.55. The fraction of sp³-hybridized carbons (Fsp3) is 0.826. The van der Waals surface area contributed by atoms with Crippen LogP contribution in [0.15, 0.2) is 12.2 Å². The minimum atomic E-state index is -4.74. The molecule has 0 amide bonds. The van der Waals surface area contributed by atoms with E-state index in [9.17, 15) is 24.4 Å². The number of unbranched alkanes of at least 4 members (excludes halogenated alkanes) is 7. The van der Waals surface area contributed by atoms with E-state index in [-0.39, 0.29) is 13.0 Å². The van der Waals surface area contributed by atoms with E-state index in [0.717, 1.165) is 45.4 Å². The van der Waals surface area contributed by atoms with Crippen molar-refractivity contribution in [3.63, 3.8) is 0 Å². The van der Waals surface area contributed by atoms with Crippen molar-refractivity contribution in [3.05, 3.63) is 12.2 Å². The first-order valence-corrected chi connectivity index (χ1v) is 13.6. The van der Waals surface area contributed by atoms with Crippen molar-refractivity contribution < 1.29 is 48.2 Å². The van der Waals surface area contributed by atoms with Crippen LogP contribution in [0.4, 0.5) is 0 Å². The lowest BCUT2D eigenvalue weighted by Crippen LogP contribution is -2.29. The highest BCUT2D eigenvalue weighted by atomic mass is 31.2. The third-order valence-corrected chi connectivity index (χ3v) is 5.53. The molecule has 0 spiro atoms. The molecule has 11 heteroatoms. The minimum Gasteiger partial charge on any atom is -0.462 e. The van der Waals surface area contributed by atoms with Crippen LogP contribution in [-0.2, 0) is 28.2 Å². The highest BCUT2D eigenvalue weighted by molar-refractivity contribution is 7.46. The molecular formula is C23H43O10P. The van der Waals surface area contributed by atoms with Crippen LogP contribution in [0.5, 0.6) is 0 Å². The van der Waals surface area contributed by atoms with Crippen molar-refractivity contribution in [2.75, 3.05) is 13.2 Å². The summed E-state index contributed by atoms with van der Waals surface area (Å²) in [6.45, 7) is 2.37. The maximum absolute atomic E-state index is 12.0. The van der Waals surface area contributed by atoms with Gasteiger partial charge in [-0.1, -0.05) is 57.6 Å². The molecule has 0 rings (SSSR count). The molecule has 0 aliphatic heterocycles. The first-order valence-electron chi connectivity index (χ1n) is 12.1. The van der Waals surface area contributed by atoms with Gasteiger partial charge in [0, 0.05) is 13.3 Å². The molecule has 0 aromatic carbocycles. The number of hydrogen-bond acceptors (Lipinski definition) is 8. The maximum Gasteiger partial charge on any atom is 0.469 e. The Morgan fingerprint density at radius 2 is 1.59 bits per heavy atom. The van der Waals surface area contributed by atoms with Gasteiger partial charge in [-0.15, -0.1) is 0 Å². The molecule has 0 aliphatic carbocycles. The second-order valence-corrected chi connectivity index (χ2v) is 9.58. The molecule has 34 heavy (non-hydrogen) atoms. The summed E-state index contributed by atoms with van der Waals surface area (Å²) in [4.78, 5) is 40.4. The van der Waals surface area contributed by atoms with Gasteiger partial charge in [0.15, 0.2) is 6.10 Å². The Kier molecular flexibility index (Phi) is 19.2. The quantitative estimate of drug-likeness (QED) is 0.0778. The molecule has 0 heterocycles. The van der Waals surface area contributed by atoms with Crippen LogP contribution >= 0.6 is 7.82 Å². The third-order valence-electron chi connectivity index (χ3n) is 5.04. The standard InChI is InChI=1S/C23H43O10P/c1-3-4-5-6-8-11-14-21(25)22(26)15-12-9-7-10-13-16-23(27)33-20(17-31-19(2)24)18-32-34(28,29)30/h8,11,20-22,25-26H,3-7,9-10,12-18H2,1-2H3,(H2,28,29,30)/b11-8-/t20-,21+,22+/m1/s1. The van der Waals surface area contributed by atoms with Gasteiger partial charge in [-0.05, 0) is 32.1 Å². The summed E-state index contributed by atoms with van der Waals surface area (Å²) in [5, 5.41) is 20.1. The largest absolute Gasteiger partial charge is 0.469 e. The number of aliphatic hydroxyl groups excluding tert-OH is 2. The van der Waals surface area contributed by atoms with Crippen molar-refractivity contribution in [3.8, 4) is 0 Å². The van der Waals surface area contributed by atoms with Gasteiger partial charge in [0.25, 0.3) is 0 Å². The smallest absolute Gasteiger partial charge is 0.462 e. The normalized spacial score (nSPS) is 14.6. The number of carbonyl (C=O) groups excluding carboxylic acids is 2. The summed E-state index contributed by atoms with van der Waals surface area (Å²) < 4.78 is 25.0. The van der Waals surface area contributed by atoms with Crippen molar-refractivity contribution in [2.45, 2.75) is 109 Å². The van der Waals surface area contributed by atoms with Gasteiger partial charge in [-0.25, -0.2) is 4.57 Å². The van der Waals surface area contributed by atoms with E-state index < -0.39 is 44.7 Å². The van der Waals surface area contributed by atoms with E-state index in [0.29, 0.717) is 19.3 Å². The lowest BCUT2D eigenvalue weighted by molar-refractivity contribution is -0.160. The van der Waals surface area contributed by atoms with E-state index in [1.165, 1.54) is 12.8 Å². The van der Waals surface area contributed by atoms with Crippen molar-refractivity contribution in [2.24, 2.45) is 0 Å². The van der Waals surface area contributed by atoms with Crippen LogP contribution in [-0.4, -0.2) is 63.5 Å². The van der Waals surface area contributed by atoms with Gasteiger partial charge < -0.3 is 29.5 Å². The highest BCUT2D eigenvalue weighted by Crippen LogP contribution is 2.35.